The van der Waals surface area contributed by atoms with Crippen molar-refractivity contribution in [3.05, 3.63) is 71.7 Å². The predicted octanol–water partition coefficient (Wildman–Crippen LogP) is 5.42. The molecule has 0 fully saturated rings. The van der Waals surface area contributed by atoms with Crippen molar-refractivity contribution in [2.45, 2.75) is 33.6 Å². The molecule has 1 heterocycles. The Morgan fingerprint density at radius 1 is 0.926 bits per heavy atom. The van der Waals surface area contributed by atoms with E-state index in [4.69, 9.17) is 4.74 Å². The summed E-state index contributed by atoms with van der Waals surface area (Å²) in [4.78, 5) is 21.6. The molecule has 3 rings (SSSR count). The van der Waals surface area contributed by atoms with Crippen LogP contribution in [0.25, 0.3) is 22.4 Å². The molecule has 0 aliphatic rings. The minimum absolute atomic E-state index is 0.191. The lowest BCUT2D eigenvalue weighted by atomic mass is 9.99. The molecule has 2 aromatic carbocycles. The molecule has 27 heavy (non-hydrogen) atoms. The molecule has 0 amide bonds. The van der Waals surface area contributed by atoms with Crippen LogP contribution in [-0.2, 0) is 4.74 Å². The normalized spacial score (nSPS) is 10.9. The summed E-state index contributed by atoms with van der Waals surface area (Å²) < 4.78 is 5.14. The first-order valence-corrected chi connectivity index (χ1v) is 9.22. The Morgan fingerprint density at radius 3 is 2.11 bits per heavy atom. The topological polar surface area (TPSA) is 52.1 Å². The van der Waals surface area contributed by atoms with Gasteiger partial charge < -0.3 is 4.74 Å². The average Bonchev–Trinajstić information content (AvgIpc) is 2.68. The monoisotopic (exact) mass is 360 g/mol. The summed E-state index contributed by atoms with van der Waals surface area (Å²) in [6.45, 7) is 8.05. The molecule has 0 aliphatic carbocycles. The summed E-state index contributed by atoms with van der Waals surface area (Å²) in [6.07, 6.45) is 0. The Balaban J connectivity index is 2.06. The Labute approximate surface area is 160 Å². The third-order valence-corrected chi connectivity index (χ3v) is 4.38. The number of rotatable bonds is 5. The van der Waals surface area contributed by atoms with Gasteiger partial charge in [0.15, 0.2) is 5.69 Å². The number of aryl methyl sites for hydroxylation is 1. The van der Waals surface area contributed by atoms with Gasteiger partial charge in [0.1, 0.15) is 0 Å². The number of nitrogens with zero attached hydrogens (tertiary/aromatic N) is 2. The molecule has 1 aromatic heterocycles. The molecule has 0 saturated carbocycles. The number of ether oxygens (including phenoxy) is 1. The highest BCUT2D eigenvalue weighted by molar-refractivity contribution is 5.89. The third-order valence-electron chi connectivity index (χ3n) is 4.38. The number of carbonyl (C=O) groups excluding carboxylic acids is 1. The summed E-state index contributed by atoms with van der Waals surface area (Å²) in [5.74, 6) is -0.240. The maximum atomic E-state index is 12.2. The summed E-state index contributed by atoms with van der Waals surface area (Å²) in [7, 11) is 0. The van der Waals surface area contributed by atoms with Crippen molar-refractivity contribution in [2.24, 2.45) is 0 Å². The highest BCUT2D eigenvalue weighted by atomic mass is 16.5. The summed E-state index contributed by atoms with van der Waals surface area (Å²) >= 11 is 0. The molecule has 4 nitrogen and oxygen atoms in total. The molecule has 0 radical (unpaired) electrons. The second-order valence-corrected chi connectivity index (χ2v) is 6.71. The zero-order valence-corrected chi connectivity index (χ0v) is 16.2. The number of esters is 1. The quantitative estimate of drug-likeness (QED) is 0.570. The van der Waals surface area contributed by atoms with E-state index in [1.54, 1.807) is 13.8 Å². The first-order valence-electron chi connectivity index (χ1n) is 9.22. The smallest absolute Gasteiger partial charge is 0.358 e. The fourth-order valence-corrected chi connectivity index (χ4v) is 3.00. The average molecular weight is 360 g/mol. The van der Waals surface area contributed by atoms with E-state index in [-0.39, 0.29) is 11.6 Å². The molecule has 0 saturated heterocycles. The van der Waals surface area contributed by atoms with E-state index in [2.05, 4.69) is 48.1 Å². The van der Waals surface area contributed by atoms with Gasteiger partial charge in [0.2, 0.25) is 0 Å². The predicted molar refractivity (Wildman–Crippen MR) is 108 cm³/mol. The summed E-state index contributed by atoms with van der Waals surface area (Å²) in [5.41, 5.74) is 5.74. The molecule has 0 unspecified atom stereocenters. The van der Waals surface area contributed by atoms with Gasteiger partial charge >= 0.3 is 5.97 Å². The van der Waals surface area contributed by atoms with Gasteiger partial charge in [-0.05, 0) is 30.9 Å². The van der Waals surface area contributed by atoms with E-state index >= 15 is 0 Å². The van der Waals surface area contributed by atoms with Gasteiger partial charge in [-0.25, -0.2) is 9.78 Å². The van der Waals surface area contributed by atoms with Crippen LogP contribution in [-0.4, -0.2) is 22.5 Å². The minimum Gasteiger partial charge on any atom is -0.461 e. The Morgan fingerprint density at radius 2 is 1.52 bits per heavy atom. The molecule has 0 bridgehead atoms. The summed E-state index contributed by atoms with van der Waals surface area (Å²) in [6, 6.07) is 18.4. The number of benzene rings is 2. The van der Waals surface area contributed by atoms with Crippen molar-refractivity contribution in [3.63, 3.8) is 0 Å². The van der Waals surface area contributed by atoms with E-state index in [9.17, 15) is 4.79 Å². The van der Waals surface area contributed by atoms with Gasteiger partial charge in [-0.2, -0.15) is 0 Å². The molecule has 3 aromatic rings. The molecule has 138 valence electrons. The molecule has 0 atom stereocenters. The van der Waals surface area contributed by atoms with Crippen molar-refractivity contribution in [1.29, 1.82) is 0 Å². The summed E-state index contributed by atoms with van der Waals surface area (Å²) in [5, 5.41) is 0. The third kappa shape index (κ3) is 4.05. The van der Waals surface area contributed by atoms with Crippen molar-refractivity contribution in [3.8, 4) is 22.4 Å². The van der Waals surface area contributed by atoms with Crippen molar-refractivity contribution in [1.82, 2.24) is 9.97 Å². The van der Waals surface area contributed by atoms with Gasteiger partial charge in [-0.3, -0.25) is 4.98 Å². The highest BCUT2D eigenvalue weighted by Gasteiger charge is 2.20. The van der Waals surface area contributed by atoms with Gasteiger partial charge in [-0.1, -0.05) is 68.4 Å². The molecule has 0 spiro atoms. The number of hydrogen-bond donors (Lipinski definition) is 0. The zero-order valence-electron chi connectivity index (χ0n) is 16.2. The van der Waals surface area contributed by atoms with Crippen molar-refractivity contribution >= 4 is 5.97 Å². The second kappa shape index (κ2) is 8.12. The lowest BCUT2D eigenvalue weighted by molar-refractivity contribution is 0.0518. The SMILES string of the molecule is CCOC(=O)c1nc(-c2ccc(-c3ccccc3)cc2)c(C(C)C)nc1C. The largest absolute Gasteiger partial charge is 0.461 e. The first-order chi connectivity index (χ1) is 13.0. The van der Waals surface area contributed by atoms with Crippen LogP contribution in [0.5, 0.6) is 0 Å². The highest BCUT2D eigenvalue weighted by Crippen LogP contribution is 2.29. The van der Waals surface area contributed by atoms with E-state index in [1.165, 1.54) is 0 Å². The maximum Gasteiger partial charge on any atom is 0.358 e. The van der Waals surface area contributed by atoms with Crippen LogP contribution < -0.4 is 0 Å². The lowest BCUT2D eigenvalue weighted by Crippen LogP contribution is -2.14. The minimum atomic E-state index is -0.431. The molecule has 0 aliphatic heterocycles. The van der Waals surface area contributed by atoms with E-state index in [0.29, 0.717) is 12.3 Å². The Hall–Kier alpha value is -3.01. The van der Waals surface area contributed by atoms with E-state index in [1.807, 2.05) is 30.3 Å². The standard InChI is InChI=1S/C23H24N2O2/c1-5-27-23(26)21-16(4)24-20(15(2)3)22(25-21)19-13-11-18(12-14-19)17-9-7-6-8-10-17/h6-15H,5H2,1-4H3. The number of carbonyl (C=O) groups is 1. The molecule has 4 heteroatoms. The number of hydrogen-bond acceptors (Lipinski definition) is 4. The molecule has 0 N–H and O–H groups in total. The van der Waals surface area contributed by atoms with Gasteiger partial charge in [0, 0.05) is 5.56 Å². The fraction of sp³-hybridized carbons (Fsp3) is 0.261. The lowest BCUT2D eigenvalue weighted by Gasteiger charge is -2.15. The van der Waals surface area contributed by atoms with Gasteiger partial charge in [0.25, 0.3) is 0 Å². The zero-order chi connectivity index (χ0) is 19.4. The first kappa shape index (κ1) is 18.8. The van der Waals surface area contributed by atoms with Crippen LogP contribution in [0.15, 0.2) is 54.6 Å². The van der Waals surface area contributed by atoms with Crippen LogP contribution in [0.1, 0.15) is 48.6 Å². The van der Waals surface area contributed by atoms with Crippen LogP contribution in [0, 0.1) is 6.92 Å². The van der Waals surface area contributed by atoms with E-state index < -0.39 is 5.97 Å². The van der Waals surface area contributed by atoms with Crippen LogP contribution in [0.3, 0.4) is 0 Å². The van der Waals surface area contributed by atoms with Crippen LogP contribution >= 0.6 is 0 Å². The molecular weight excluding hydrogens is 336 g/mol. The Kier molecular flexibility index (Phi) is 5.65. The van der Waals surface area contributed by atoms with Gasteiger partial charge in [0.05, 0.1) is 23.7 Å². The van der Waals surface area contributed by atoms with E-state index in [0.717, 1.165) is 28.1 Å². The van der Waals surface area contributed by atoms with Gasteiger partial charge in [-0.15, -0.1) is 0 Å². The van der Waals surface area contributed by atoms with Crippen LogP contribution in [0.2, 0.25) is 0 Å². The maximum absolute atomic E-state index is 12.2. The van der Waals surface area contributed by atoms with Crippen molar-refractivity contribution < 1.29 is 9.53 Å². The van der Waals surface area contributed by atoms with Crippen molar-refractivity contribution in [2.75, 3.05) is 6.61 Å². The number of aromatic nitrogens is 2. The van der Waals surface area contributed by atoms with Crippen LogP contribution in [0.4, 0.5) is 0 Å². The molecular formula is C23H24N2O2. The fourth-order valence-electron chi connectivity index (χ4n) is 3.00. The Bertz CT molecular complexity index is 933. The second-order valence-electron chi connectivity index (χ2n) is 6.71.